The predicted octanol–water partition coefficient (Wildman–Crippen LogP) is 3.60. The molecule has 1 aliphatic rings. The zero-order valence-corrected chi connectivity index (χ0v) is 14.2. The summed E-state index contributed by atoms with van der Waals surface area (Å²) in [6.45, 7) is 2.34. The number of benzene rings is 1. The van der Waals surface area contributed by atoms with Gasteiger partial charge in [-0.15, -0.1) is 0 Å². The van der Waals surface area contributed by atoms with Crippen molar-refractivity contribution in [2.45, 2.75) is 31.4 Å². The minimum absolute atomic E-state index is 0.147. The van der Waals surface area contributed by atoms with Gasteiger partial charge in [-0.2, -0.15) is 0 Å². The Labute approximate surface area is 134 Å². The fourth-order valence-electron chi connectivity index (χ4n) is 2.71. The quantitative estimate of drug-likeness (QED) is 0.871. The molecule has 1 fully saturated rings. The number of nitrogens with zero attached hydrogens (tertiary/aromatic N) is 1. The molecule has 112 valence electrons. The molecule has 1 saturated heterocycles. The molecule has 1 aliphatic heterocycles. The van der Waals surface area contributed by atoms with Crippen LogP contribution in [0.5, 0.6) is 0 Å². The van der Waals surface area contributed by atoms with Crippen molar-refractivity contribution in [2.75, 3.05) is 26.7 Å². The fourth-order valence-corrected chi connectivity index (χ4v) is 3.41. The molecule has 3 nitrogen and oxygen atoms in total. The molecule has 2 N–H and O–H groups in total. The van der Waals surface area contributed by atoms with Gasteiger partial charge in [0.2, 0.25) is 0 Å². The van der Waals surface area contributed by atoms with Crippen LogP contribution in [0.15, 0.2) is 22.7 Å². The predicted molar refractivity (Wildman–Crippen MR) is 87.2 cm³/mol. The summed E-state index contributed by atoms with van der Waals surface area (Å²) in [6, 6.07) is 5.99. The van der Waals surface area contributed by atoms with Crippen LogP contribution in [-0.2, 0) is 4.74 Å². The van der Waals surface area contributed by atoms with Gasteiger partial charge in [0.25, 0.3) is 0 Å². The zero-order valence-electron chi connectivity index (χ0n) is 11.8. The molecule has 0 saturated carbocycles. The van der Waals surface area contributed by atoms with Gasteiger partial charge in [0.05, 0.1) is 6.10 Å². The molecule has 0 aliphatic carbocycles. The smallest absolute Gasteiger partial charge is 0.0702 e. The van der Waals surface area contributed by atoms with Gasteiger partial charge < -0.3 is 10.5 Å². The van der Waals surface area contributed by atoms with Gasteiger partial charge in [-0.1, -0.05) is 27.5 Å². The van der Waals surface area contributed by atoms with Crippen LogP contribution in [0.2, 0.25) is 5.02 Å². The molecule has 2 unspecified atom stereocenters. The van der Waals surface area contributed by atoms with E-state index in [9.17, 15) is 0 Å². The first-order valence-electron chi connectivity index (χ1n) is 7.08. The average molecular weight is 362 g/mol. The summed E-state index contributed by atoms with van der Waals surface area (Å²) in [4.78, 5) is 2.27. The van der Waals surface area contributed by atoms with Crippen LogP contribution in [0.25, 0.3) is 0 Å². The number of likely N-dealkylation sites (N-methyl/N-ethyl adjacent to an activating group) is 1. The lowest BCUT2D eigenvalue weighted by Crippen LogP contribution is -2.38. The van der Waals surface area contributed by atoms with E-state index in [-0.39, 0.29) is 6.04 Å². The molecule has 0 amide bonds. The molecule has 2 atom stereocenters. The lowest BCUT2D eigenvalue weighted by Gasteiger charge is -2.33. The Hall–Kier alpha value is -0.130. The second-order valence-corrected chi connectivity index (χ2v) is 6.64. The first-order valence-corrected chi connectivity index (χ1v) is 8.25. The SMILES string of the molecule is CN(CC1CCCCO1)C(CN)c1cc(Cl)ccc1Br. The summed E-state index contributed by atoms with van der Waals surface area (Å²) in [5.41, 5.74) is 7.12. The molecule has 2 rings (SSSR count). The van der Waals surface area contributed by atoms with Crippen LogP contribution < -0.4 is 5.73 Å². The van der Waals surface area contributed by atoms with Crippen LogP contribution in [0.1, 0.15) is 30.9 Å². The molecular weight excluding hydrogens is 340 g/mol. The number of hydrogen-bond donors (Lipinski definition) is 1. The first-order chi connectivity index (χ1) is 9.61. The summed E-state index contributed by atoms with van der Waals surface area (Å²) in [5, 5.41) is 0.740. The maximum absolute atomic E-state index is 6.11. The third-order valence-electron chi connectivity index (χ3n) is 3.84. The fraction of sp³-hybridized carbons (Fsp3) is 0.600. The van der Waals surface area contributed by atoms with Crippen molar-refractivity contribution >= 4 is 27.5 Å². The van der Waals surface area contributed by atoms with Gasteiger partial charge in [-0.3, -0.25) is 4.90 Å². The van der Waals surface area contributed by atoms with E-state index in [2.05, 4.69) is 27.9 Å². The molecule has 1 aromatic carbocycles. The van der Waals surface area contributed by atoms with Crippen LogP contribution in [0, 0.1) is 0 Å². The van der Waals surface area contributed by atoms with Crippen molar-refractivity contribution < 1.29 is 4.74 Å². The number of nitrogens with two attached hydrogens (primary N) is 1. The van der Waals surface area contributed by atoms with Crippen molar-refractivity contribution in [3.63, 3.8) is 0 Å². The molecule has 1 aromatic rings. The Morgan fingerprint density at radius 3 is 2.95 bits per heavy atom. The van der Waals surface area contributed by atoms with Gasteiger partial charge in [0, 0.05) is 35.2 Å². The molecular formula is C15H22BrClN2O. The van der Waals surface area contributed by atoms with E-state index in [0.29, 0.717) is 12.6 Å². The van der Waals surface area contributed by atoms with E-state index < -0.39 is 0 Å². The summed E-state index contributed by atoms with van der Waals surface area (Å²) in [7, 11) is 2.10. The molecule has 0 aromatic heterocycles. The van der Waals surface area contributed by atoms with Crippen molar-refractivity contribution in [1.29, 1.82) is 0 Å². The number of hydrogen-bond acceptors (Lipinski definition) is 3. The monoisotopic (exact) mass is 360 g/mol. The third-order valence-corrected chi connectivity index (χ3v) is 4.80. The average Bonchev–Trinajstić information content (AvgIpc) is 2.44. The summed E-state index contributed by atoms with van der Waals surface area (Å²) >= 11 is 9.70. The second-order valence-electron chi connectivity index (χ2n) is 5.35. The van der Waals surface area contributed by atoms with Crippen molar-refractivity contribution in [3.05, 3.63) is 33.3 Å². The molecule has 20 heavy (non-hydrogen) atoms. The van der Waals surface area contributed by atoms with Crippen LogP contribution >= 0.6 is 27.5 Å². The highest BCUT2D eigenvalue weighted by Crippen LogP contribution is 2.30. The van der Waals surface area contributed by atoms with Crippen molar-refractivity contribution in [3.8, 4) is 0 Å². The van der Waals surface area contributed by atoms with Gasteiger partial charge in [0.15, 0.2) is 0 Å². The Morgan fingerprint density at radius 1 is 1.50 bits per heavy atom. The van der Waals surface area contributed by atoms with E-state index >= 15 is 0 Å². The molecule has 0 radical (unpaired) electrons. The number of ether oxygens (including phenoxy) is 1. The molecule has 5 heteroatoms. The van der Waals surface area contributed by atoms with Gasteiger partial charge in [-0.25, -0.2) is 0 Å². The maximum Gasteiger partial charge on any atom is 0.0702 e. The van der Waals surface area contributed by atoms with E-state index in [1.165, 1.54) is 12.8 Å². The highest BCUT2D eigenvalue weighted by Gasteiger charge is 2.23. The highest BCUT2D eigenvalue weighted by molar-refractivity contribution is 9.10. The Kier molecular flexibility index (Phi) is 6.30. The molecule has 1 heterocycles. The lowest BCUT2D eigenvalue weighted by molar-refractivity contribution is -0.00782. The maximum atomic E-state index is 6.11. The largest absolute Gasteiger partial charge is 0.377 e. The van der Waals surface area contributed by atoms with Crippen LogP contribution in [0.3, 0.4) is 0 Å². The third kappa shape index (κ3) is 4.18. The number of halogens is 2. The van der Waals surface area contributed by atoms with Crippen molar-refractivity contribution in [1.82, 2.24) is 4.90 Å². The summed E-state index contributed by atoms with van der Waals surface area (Å²) in [6.07, 6.45) is 3.89. The van der Waals surface area contributed by atoms with E-state index in [0.717, 1.165) is 34.6 Å². The van der Waals surface area contributed by atoms with Gasteiger partial charge in [-0.05, 0) is 50.1 Å². The summed E-state index contributed by atoms with van der Waals surface area (Å²) < 4.78 is 6.86. The second kappa shape index (κ2) is 7.76. The highest BCUT2D eigenvalue weighted by atomic mass is 79.9. The van der Waals surface area contributed by atoms with Gasteiger partial charge >= 0.3 is 0 Å². The van der Waals surface area contributed by atoms with Gasteiger partial charge in [0.1, 0.15) is 0 Å². The topological polar surface area (TPSA) is 38.5 Å². The first kappa shape index (κ1) is 16.2. The Morgan fingerprint density at radius 2 is 2.30 bits per heavy atom. The normalized spacial score (nSPS) is 21.1. The standard InChI is InChI=1S/C15H22BrClN2O/c1-19(10-12-4-2-3-7-20-12)15(9-18)13-8-11(17)5-6-14(13)16/h5-6,8,12,15H,2-4,7,9-10,18H2,1H3. The van der Waals surface area contributed by atoms with Crippen molar-refractivity contribution in [2.24, 2.45) is 5.73 Å². The van der Waals surface area contributed by atoms with E-state index in [1.807, 2.05) is 18.2 Å². The summed E-state index contributed by atoms with van der Waals surface area (Å²) in [5.74, 6) is 0. The Balaban J connectivity index is 2.07. The lowest BCUT2D eigenvalue weighted by atomic mass is 10.0. The minimum atomic E-state index is 0.147. The van der Waals surface area contributed by atoms with Crippen LogP contribution in [-0.4, -0.2) is 37.7 Å². The van der Waals surface area contributed by atoms with E-state index in [4.69, 9.17) is 22.1 Å². The zero-order chi connectivity index (χ0) is 14.5. The number of rotatable bonds is 5. The Bertz CT molecular complexity index is 438. The molecule has 0 bridgehead atoms. The van der Waals surface area contributed by atoms with E-state index in [1.54, 1.807) is 0 Å². The minimum Gasteiger partial charge on any atom is -0.377 e. The van der Waals surface area contributed by atoms with Crippen LogP contribution in [0.4, 0.5) is 0 Å². The molecule has 0 spiro atoms.